The Kier molecular flexibility index (Phi) is 7.87. The van der Waals surface area contributed by atoms with Crippen LogP contribution in [-0.4, -0.2) is 41.5 Å². The average molecular weight is 577 g/mol. The van der Waals surface area contributed by atoms with Crippen molar-refractivity contribution in [3.05, 3.63) is 64.8 Å². The third-order valence-electron chi connectivity index (χ3n) is 8.14. The first-order valence-corrected chi connectivity index (χ1v) is 15.6. The Morgan fingerprint density at radius 1 is 1.10 bits per heavy atom. The normalized spacial score (nSPS) is 16.4. The molecule has 1 spiro atoms. The fraction of sp³-hybridized carbons (Fsp3) is 0.419. The van der Waals surface area contributed by atoms with Crippen molar-refractivity contribution in [2.75, 3.05) is 4.72 Å². The molecule has 0 saturated heterocycles. The van der Waals surface area contributed by atoms with Gasteiger partial charge in [-0.2, -0.15) is 0 Å². The van der Waals surface area contributed by atoms with Crippen molar-refractivity contribution in [1.29, 1.82) is 0 Å². The largest absolute Gasteiger partial charge is 0.337 e. The fourth-order valence-electron chi connectivity index (χ4n) is 5.71. The number of rotatable bonds is 10. The Morgan fingerprint density at radius 2 is 1.83 bits per heavy atom. The molecule has 2 aromatic carbocycles. The maximum absolute atomic E-state index is 13.6. The summed E-state index contributed by atoms with van der Waals surface area (Å²) < 4.78 is 34.6. The van der Waals surface area contributed by atoms with Gasteiger partial charge < -0.3 is 4.52 Å². The lowest BCUT2D eigenvalue weighted by Gasteiger charge is -2.23. The molecule has 41 heavy (non-hydrogen) atoms. The summed E-state index contributed by atoms with van der Waals surface area (Å²) in [5.41, 5.74) is 2.60. The highest BCUT2D eigenvalue weighted by molar-refractivity contribution is 7.92. The van der Waals surface area contributed by atoms with E-state index in [4.69, 9.17) is 9.52 Å². The minimum absolute atomic E-state index is 0.00980. The molecular weight excluding hydrogens is 540 g/mol. The number of benzene rings is 2. The number of carbonyl (C=O) groups is 2. The summed E-state index contributed by atoms with van der Waals surface area (Å²) in [6.07, 6.45) is 6.25. The number of nitrogens with zero attached hydrogens (tertiary/aromatic N) is 3. The van der Waals surface area contributed by atoms with Crippen molar-refractivity contribution < 1.29 is 22.5 Å². The zero-order valence-corrected chi connectivity index (χ0v) is 24.8. The molecule has 0 atom stereocenters. The first-order valence-electron chi connectivity index (χ1n) is 14.2. The lowest BCUT2D eigenvalue weighted by molar-refractivity contribution is -0.131. The SMILES string of the molecule is CCCCC1=NC2(CCCC2)C(=O)N1Cc1ccc(-c2ccccc2S(=O)(=O)Nc2onc(C)c2C)c(C(C)=O)c1. The number of unbranched alkanes of at least 4 members (excludes halogenated alkanes) is 1. The number of carbonyl (C=O) groups excluding carboxylic acids is 2. The molecule has 1 aliphatic carbocycles. The van der Waals surface area contributed by atoms with E-state index in [0.29, 0.717) is 34.5 Å². The molecule has 0 unspecified atom stereocenters. The van der Waals surface area contributed by atoms with Gasteiger partial charge in [0.2, 0.25) is 5.88 Å². The van der Waals surface area contributed by atoms with Gasteiger partial charge in [-0.3, -0.25) is 19.5 Å². The maximum Gasteiger partial charge on any atom is 0.264 e. The van der Waals surface area contributed by atoms with Crippen LogP contribution < -0.4 is 4.72 Å². The monoisotopic (exact) mass is 576 g/mol. The van der Waals surface area contributed by atoms with Gasteiger partial charge in [0.15, 0.2) is 5.78 Å². The summed E-state index contributed by atoms with van der Waals surface area (Å²) >= 11 is 0. The Morgan fingerprint density at radius 3 is 2.49 bits per heavy atom. The molecular formula is C31H36N4O5S. The highest BCUT2D eigenvalue weighted by Crippen LogP contribution is 2.40. The van der Waals surface area contributed by atoms with Gasteiger partial charge in [0.05, 0.1) is 17.1 Å². The lowest BCUT2D eigenvalue weighted by Crippen LogP contribution is -2.40. The third kappa shape index (κ3) is 5.45. The van der Waals surface area contributed by atoms with Crippen LogP contribution in [0.3, 0.4) is 0 Å². The van der Waals surface area contributed by atoms with Crippen LogP contribution in [0, 0.1) is 13.8 Å². The Hall–Kier alpha value is -3.79. The lowest BCUT2D eigenvalue weighted by atomic mass is 9.94. The van der Waals surface area contributed by atoms with Crippen molar-refractivity contribution in [2.45, 2.75) is 89.6 Å². The molecule has 9 nitrogen and oxygen atoms in total. The number of hydrogen-bond acceptors (Lipinski definition) is 7. The highest BCUT2D eigenvalue weighted by atomic mass is 32.2. The first kappa shape index (κ1) is 28.7. The average Bonchev–Trinajstić information content (AvgIpc) is 3.63. The summed E-state index contributed by atoms with van der Waals surface area (Å²) in [6.45, 7) is 7.34. The molecule has 2 heterocycles. The van der Waals surface area contributed by atoms with Gasteiger partial charge in [0.1, 0.15) is 11.4 Å². The molecule has 1 aromatic heterocycles. The number of amidine groups is 1. The standard InChI is InChI=1S/C31H36N4O5S/c1-5-6-13-28-32-31(16-9-10-17-31)30(37)35(28)19-23-14-15-24(26(18-23)22(4)36)25-11-7-8-12-27(25)41(38,39)34-29-20(2)21(3)33-40-29/h7-8,11-12,14-15,18,34H,5-6,9-10,13,16-17,19H2,1-4H3. The van der Waals surface area contributed by atoms with Gasteiger partial charge >= 0.3 is 0 Å². The maximum atomic E-state index is 13.6. The topological polar surface area (TPSA) is 122 Å². The first-order chi connectivity index (χ1) is 19.6. The molecule has 0 bridgehead atoms. The summed E-state index contributed by atoms with van der Waals surface area (Å²) in [5, 5.41) is 3.83. The third-order valence-corrected chi connectivity index (χ3v) is 9.53. The van der Waals surface area contributed by atoms with Gasteiger partial charge in [0, 0.05) is 23.1 Å². The van der Waals surface area contributed by atoms with Crippen LogP contribution in [0.25, 0.3) is 11.1 Å². The van der Waals surface area contributed by atoms with Crippen molar-refractivity contribution in [1.82, 2.24) is 10.1 Å². The van der Waals surface area contributed by atoms with Crippen molar-refractivity contribution >= 4 is 33.4 Å². The smallest absolute Gasteiger partial charge is 0.264 e. The van der Waals surface area contributed by atoms with Crippen molar-refractivity contribution in [2.24, 2.45) is 4.99 Å². The van der Waals surface area contributed by atoms with Crippen LogP contribution in [0.4, 0.5) is 5.88 Å². The summed E-state index contributed by atoms with van der Waals surface area (Å²) in [4.78, 5) is 33.3. The van der Waals surface area contributed by atoms with Crippen LogP contribution in [0.1, 0.15) is 86.0 Å². The molecule has 1 fully saturated rings. The van der Waals surface area contributed by atoms with Crippen LogP contribution in [0.15, 0.2) is 56.9 Å². The molecule has 0 radical (unpaired) electrons. The van der Waals surface area contributed by atoms with E-state index in [-0.39, 0.29) is 22.5 Å². The number of amides is 1. The van der Waals surface area contributed by atoms with E-state index in [0.717, 1.165) is 56.3 Å². The van der Waals surface area contributed by atoms with Gasteiger partial charge in [-0.05, 0) is 63.3 Å². The second kappa shape index (κ2) is 11.2. The number of nitrogens with one attached hydrogen (secondary N) is 1. The Labute approximate surface area is 241 Å². The fourth-order valence-corrected chi connectivity index (χ4v) is 6.98. The van der Waals surface area contributed by atoms with E-state index in [1.54, 1.807) is 49.1 Å². The Balaban J connectivity index is 1.49. The van der Waals surface area contributed by atoms with Gasteiger partial charge in [-0.1, -0.05) is 61.7 Å². The second-order valence-corrected chi connectivity index (χ2v) is 12.7. The van der Waals surface area contributed by atoms with Crippen LogP contribution in [0.2, 0.25) is 0 Å². The number of ketones is 1. The molecule has 1 N–H and O–H groups in total. The molecule has 1 aliphatic heterocycles. The zero-order chi connectivity index (χ0) is 29.4. The molecule has 5 rings (SSSR count). The number of aryl methyl sites for hydroxylation is 1. The van der Waals surface area contributed by atoms with Gasteiger partial charge in [-0.25, -0.2) is 13.1 Å². The predicted molar refractivity (Wildman–Crippen MR) is 157 cm³/mol. The molecule has 10 heteroatoms. The van der Waals surface area contributed by atoms with Crippen molar-refractivity contribution in [3.63, 3.8) is 0 Å². The zero-order valence-electron chi connectivity index (χ0n) is 24.0. The number of Topliss-reactive ketones (excluding diaryl/α,β-unsaturated/α-hetero) is 1. The number of aliphatic imine (C=N–C) groups is 1. The second-order valence-electron chi connectivity index (χ2n) is 11.0. The summed E-state index contributed by atoms with van der Waals surface area (Å²) in [6, 6.07) is 11.9. The molecule has 1 amide bonds. The van der Waals surface area contributed by atoms with Crippen LogP contribution >= 0.6 is 0 Å². The summed E-state index contributed by atoms with van der Waals surface area (Å²) in [5.74, 6) is 0.724. The van der Waals surface area contributed by atoms with E-state index in [1.165, 1.54) is 13.0 Å². The van der Waals surface area contributed by atoms with Crippen LogP contribution in [-0.2, 0) is 21.4 Å². The summed E-state index contributed by atoms with van der Waals surface area (Å²) in [7, 11) is -4.07. The van der Waals surface area contributed by atoms with Gasteiger partial charge in [0.25, 0.3) is 15.9 Å². The Bertz CT molecular complexity index is 1630. The van der Waals surface area contributed by atoms with E-state index in [1.807, 2.05) is 6.07 Å². The van der Waals surface area contributed by atoms with E-state index in [9.17, 15) is 18.0 Å². The molecule has 216 valence electrons. The van der Waals surface area contributed by atoms with E-state index < -0.39 is 15.6 Å². The number of anilines is 1. The van der Waals surface area contributed by atoms with Crippen LogP contribution in [0.5, 0.6) is 0 Å². The minimum atomic E-state index is -4.07. The molecule has 2 aliphatic rings. The molecule has 1 saturated carbocycles. The van der Waals surface area contributed by atoms with Crippen molar-refractivity contribution in [3.8, 4) is 11.1 Å². The minimum Gasteiger partial charge on any atom is -0.337 e. The van der Waals surface area contributed by atoms with E-state index in [2.05, 4.69) is 16.8 Å². The number of hydrogen-bond donors (Lipinski definition) is 1. The number of aromatic nitrogens is 1. The van der Waals surface area contributed by atoms with E-state index >= 15 is 0 Å². The predicted octanol–water partition coefficient (Wildman–Crippen LogP) is 6.21. The molecule has 3 aromatic rings. The van der Waals surface area contributed by atoms with Gasteiger partial charge in [-0.15, -0.1) is 0 Å². The number of sulfonamides is 1. The quantitative estimate of drug-likeness (QED) is 0.287. The highest BCUT2D eigenvalue weighted by Gasteiger charge is 2.49.